The van der Waals surface area contributed by atoms with E-state index in [4.69, 9.17) is 0 Å². The fourth-order valence-corrected chi connectivity index (χ4v) is 2.16. The molecule has 0 aliphatic heterocycles. The molecule has 4 heteroatoms. The van der Waals surface area contributed by atoms with Gasteiger partial charge in [0.15, 0.2) is 0 Å². The summed E-state index contributed by atoms with van der Waals surface area (Å²) < 4.78 is 4.48. The first-order valence-electron chi connectivity index (χ1n) is 6.96. The van der Waals surface area contributed by atoms with Crippen LogP contribution in [0.4, 0.5) is 0 Å². The second kappa shape index (κ2) is 7.90. The molecular formula is C14H24N2O2. The fourth-order valence-electron chi connectivity index (χ4n) is 2.16. The molecule has 0 aliphatic carbocycles. The van der Waals surface area contributed by atoms with Gasteiger partial charge in [0.05, 0.1) is 13.1 Å². The predicted molar refractivity (Wildman–Crippen MR) is 67.8 cm³/mol. The number of aryl methyl sites for hydroxylation is 2. The van der Waals surface area contributed by atoms with Gasteiger partial charge in [-0.1, -0.05) is 20.3 Å². The lowest BCUT2D eigenvalue weighted by molar-refractivity contribution is -0.703. The van der Waals surface area contributed by atoms with E-state index in [9.17, 15) is 9.90 Å². The van der Waals surface area contributed by atoms with Crippen molar-refractivity contribution in [3.63, 3.8) is 0 Å². The van der Waals surface area contributed by atoms with Gasteiger partial charge < -0.3 is 9.90 Å². The summed E-state index contributed by atoms with van der Waals surface area (Å²) in [7, 11) is 0. The molecule has 102 valence electrons. The number of hydrogen-bond donors (Lipinski definition) is 0. The van der Waals surface area contributed by atoms with Gasteiger partial charge in [-0.25, -0.2) is 9.13 Å². The minimum atomic E-state index is -0.960. The van der Waals surface area contributed by atoms with E-state index in [1.807, 2.05) is 0 Å². The summed E-state index contributed by atoms with van der Waals surface area (Å²) in [6, 6.07) is 0. The maximum Gasteiger partial charge on any atom is 0.256 e. The van der Waals surface area contributed by atoms with Gasteiger partial charge in [0.2, 0.25) is 0 Å². The molecule has 0 unspecified atom stereocenters. The zero-order valence-electron chi connectivity index (χ0n) is 11.5. The van der Waals surface area contributed by atoms with Crippen LogP contribution in [0.25, 0.3) is 0 Å². The zero-order chi connectivity index (χ0) is 13.4. The Hall–Kier alpha value is -1.32. The van der Waals surface area contributed by atoms with E-state index in [0.29, 0.717) is 6.42 Å². The average molecular weight is 252 g/mol. The Morgan fingerprint density at radius 3 is 2.72 bits per heavy atom. The van der Waals surface area contributed by atoms with E-state index in [1.165, 1.54) is 18.7 Å². The van der Waals surface area contributed by atoms with Gasteiger partial charge >= 0.3 is 0 Å². The Bertz CT molecular complexity index is 372. The molecule has 0 fully saturated rings. The summed E-state index contributed by atoms with van der Waals surface area (Å²) in [5, 5.41) is 10.4. The molecule has 0 saturated carbocycles. The molecule has 1 rings (SSSR count). The second-order valence-corrected chi connectivity index (χ2v) is 4.68. The number of carboxylic acids is 1. The predicted octanol–water partition coefficient (Wildman–Crippen LogP) is 1.06. The molecular weight excluding hydrogens is 228 g/mol. The van der Waals surface area contributed by atoms with Gasteiger partial charge in [-0.2, -0.15) is 0 Å². The van der Waals surface area contributed by atoms with Crippen molar-refractivity contribution in [2.75, 3.05) is 0 Å². The number of carbonyl (C=O) groups excluding carboxylic acids is 1. The first-order valence-corrected chi connectivity index (χ1v) is 6.96. The molecule has 0 radical (unpaired) electrons. The van der Waals surface area contributed by atoms with Crippen molar-refractivity contribution in [1.29, 1.82) is 0 Å². The largest absolute Gasteiger partial charge is 0.550 e. The Morgan fingerprint density at radius 2 is 2.11 bits per heavy atom. The molecule has 1 aromatic heterocycles. The van der Waals surface area contributed by atoms with Crippen LogP contribution in [0.3, 0.4) is 0 Å². The summed E-state index contributed by atoms with van der Waals surface area (Å²) >= 11 is 0. The van der Waals surface area contributed by atoms with Gasteiger partial charge in [0.25, 0.3) is 5.82 Å². The monoisotopic (exact) mass is 252 g/mol. The molecule has 18 heavy (non-hydrogen) atoms. The Labute approximate surface area is 109 Å². The Balaban J connectivity index is 2.66. The number of hydrogen-bond acceptors (Lipinski definition) is 2. The highest BCUT2D eigenvalue weighted by molar-refractivity contribution is 5.64. The van der Waals surface area contributed by atoms with Crippen molar-refractivity contribution in [2.45, 2.75) is 65.5 Å². The number of aromatic nitrogens is 2. The van der Waals surface area contributed by atoms with Gasteiger partial charge in [0.1, 0.15) is 12.4 Å². The van der Waals surface area contributed by atoms with Crippen molar-refractivity contribution in [2.24, 2.45) is 0 Å². The highest BCUT2D eigenvalue weighted by Gasteiger charge is 2.15. The first kappa shape index (κ1) is 14.7. The van der Waals surface area contributed by atoms with Crippen molar-refractivity contribution in [1.82, 2.24) is 4.57 Å². The molecule has 0 atom stereocenters. The van der Waals surface area contributed by atoms with E-state index < -0.39 is 5.97 Å². The first-order chi connectivity index (χ1) is 8.69. The third-order valence-electron chi connectivity index (χ3n) is 3.09. The quantitative estimate of drug-likeness (QED) is 0.617. The standard InChI is InChI=1S/C14H24N2O2/c1-3-5-7-13-15(9-4-2)11-12-16(13)10-6-8-14(17)18/h11-12H,3-10H2,1-2H3. The van der Waals surface area contributed by atoms with Crippen LogP contribution in [0.5, 0.6) is 0 Å². The lowest BCUT2D eigenvalue weighted by atomic mass is 10.2. The highest BCUT2D eigenvalue weighted by atomic mass is 16.4. The van der Waals surface area contributed by atoms with Crippen molar-refractivity contribution in [3.8, 4) is 0 Å². The van der Waals surface area contributed by atoms with Crippen LogP contribution in [0.2, 0.25) is 0 Å². The van der Waals surface area contributed by atoms with Gasteiger partial charge in [-0.05, 0) is 25.7 Å². The molecule has 4 nitrogen and oxygen atoms in total. The van der Waals surface area contributed by atoms with E-state index in [2.05, 4.69) is 35.4 Å². The normalized spacial score (nSPS) is 10.8. The molecule has 0 spiro atoms. The number of imidazole rings is 1. The van der Waals surface area contributed by atoms with Crippen LogP contribution in [0.1, 0.15) is 51.8 Å². The Kier molecular flexibility index (Phi) is 6.47. The topological polar surface area (TPSA) is 48.9 Å². The van der Waals surface area contributed by atoms with E-state index in [-0.39, 0.29) is 6.42 Å². The third-order valence-corrected chi connectivity index (χ3v) is 3.09. The summed E-state index contributed by atoms with van der Waals surface area (Å²) in [5.41, 5.74) is 0. The van der Waals surface area contributed by atoms with Gasteiger partial charge in [0, 0.05) is 12.4 Å². The third kappa shape index (κ3) is 4.51. The van der Waals surface area contributed by atoms with Gasteiger partial charge in [-0.15, -0.1) is 0 Å². The molecule has 0 bridgehead atoms. The number of nitrogens with zero attached hydrogens (tertiary/aromatic N) is 2. The van der Waals surface area contributed by atoms with Crippen LogP contribution in [0, 0.1) is 0 Å². The van der Waals surface area contributed by atoms with Crippen molar-refractivity contribution < 1.29 is 14.5 Å². The summed E-state index contributed by atoms with van der Waals surface area (Å²) in [6.07, 6.45) is 9.48. The molecule has 0 aromatic carbocycles. The number of carbonyl (C=O) groups is 1. The lowest BCUT2D eigenvalue weighted by Gasteiger charge is -2.05. The number of rotatable bonds is 9. The SMILES string of the molecule is CCCCc1n(CCCC(=O)[O-])cc[n+]1CCC. The van der Waals surface area contributed by atoms with E-state index in [0.717, 1.165) is 25.9 Å². The summed E-state index contributed by atoms with van der Waals surface area (Å²) in [6.45, 7) is 6.16. The van der Waals surface area contributed by atoms with Crippen LogP contribution in [-0.2, 0) is 24.3 Å². The molecule has 1 aromatic rings. The number of unbranched alkanes of at least 4 members (excludes halogenated alkanes) is 1. The molecule has 1 heterocycles. The fraction of sp³-hybridized carbons (Fsp3) is 0.714. The van der Waals surface area contributed by atoms with Crippen molar-refractivity contribution in [3.05, 3.63) is 18.2 Å². The molecule has 0 amide bonds. The minimum absolute atomic E-state index is 0.138. The van der Waals surface area contributed by atoms with E-state index in [1.54, 1.807) is 0 Å². The number of carboxylic acid groups (broad SMARTS) is 1. The molecule has 0 saturated heterocycles. The maximum absolute atomic E-state index is 10.4. The average Bonchev–Trinajstić information content (AvgIpc) is 2.69. The second-order valence-electron chi connectivity index (χ2n) is 4.68. The van der Waals surface area contributed by atoms with Crippen LogP contribution >= 0.6 is 0 Å². The van der Waals surface area contributed by atoms with Gasteiger partial charge in [-0.3, -0.25) is 0 Å². The smallest absolute Gasteiger partial charge is 0.256 e. The van der Waals surface area contributed by atoms with Crippen molar-refractivity contribution >= 4 is 5.97 Å². The van der Waals surface area contributed by atoms with Crippen LogP contribution in [0.15, 0.2) is 12.4 Å². The Morgan fingerprint density at radius 1 is 1.33 bits per heavy atom. The summed E-state index contributed by atoms with van der Waals surface area (Å²) in [4.78, 5) is 10.4. The van der Waals surface area contributed by atoms with Crippen LogP contribution in [-0.4, -0.2) is 10.5 Å². The summed E-state index contributed by atoms with van der Waals surface area (Å²) in [5.74, 6) is 0.357. The maximum atomic E-state index is 10.4. The van der Waals surface area contributed by atoms with E-state index >= 15 is 0 Å². The highest BCUT2D eigenvalue weighted by Crippen LogP contribution is 2.05. The minimum Gasteiger partial charge on any atom is -0.550 e. The number of aliphatic carboxylic acids is 1. The molecule has 0 aliphatic rings. The zero-order valence-corrected chi connectivity index (χ0v) is 11.5. The molecule has 0 N–H and O–H groups in total. The van der Waals surface area contributed by atoms with Crippen LogP contribution < -0.4 is 9.67 Å². The lowest BCUT2D eigenvalue weighted by Crippen LogP contribution is -2.37.